The highest BCUT2D eigenvalue weighted by molar-refractivity contribution is 5.90. The lowest BCUT2D eigenvalue weighted by molar-refractivity contribution is 0.242. The number of allylic oxidation sites excluding steroid dienone is 1. The van der Waals surface area contributed by atoms with Gasteiger partial charge in [0.1, 0.15) is 5.75 Å². The summed E-state index contributed by atoms with van der Waals surface area (Å²) in [5.41, 5.74) is 3.24. The van der Waals surface area contributed by atoms with Crippen LogP contribution in [-0.4, -0.2) is 13.1 Å². The van der Waals surface area contributed by atoms with E-state index in [0.717, 1.165) is 16.7 Å². The number of ether oxygens (including phenoxy) is 1. The van der Waals surface area contributed by atoms with Crippen molar-refractivity contribution in [2.24, 2.45) is 0 Å². The molecule has 0 unspecified atom stereocenters. The topological polar surface area (TPSA) is 50.4 Å². The quantitative estimate of drug-likeness (QED) is 0.831. The first kappa shape index (κ1) is 17.6. The summed E-state index contributed by atoms with van der Waals surface area (Å²) in [5.74, 6) is 0.696. The molecule has 2 rings (SSSR count). The van der Waals surface area contributed by atoms with Gasteiger partial charge in [0, 0.05) is 11.8 Å². The first-order valence-electron chi connectivity index (χ1n) is 7.81. The maximum Gasteiger partial charge on any atom is 0.319 e. The van der Waals surface area contributed by atoms with Crippen LogP contribution in [-0.2, 0) is 5.54 Å². The molecule has 0 bridgehead atoms. The number of carbonyl (C=O) groups excluding carboxylic acids is 1. The van der Waals surface area contributed by atoms with Crippen LogP contribution in [0.3, 0.4) is 0 Å². The summed E-state index contributed by atoms with van der Waals surface area (Å²) in [5, 5.41) is 5.84. The lowest BCUT2D eigenvalue weighted by atomic mass is 9.92. The Morgan fingerprint density at radius 1 is 1.12 bits per heavy atom. The molecular weight excluding hydrogens is 300 g/mol. The van der Waals surface area contributed by atoms with Crippen LogP contribution in [0.15, 0.2) is 55.1 Å². The molecule has 2 aromatic rings. The monoisotopic (exact) mass is 324 g/mol. The van der Waals surface area contributed by atoms with Crippen LogP contribution in [0, 0.1) is 0 Å². The molecule has 0 saturated heterocycles. The predicted molar refractivity (Wildman–Crippen MR) is 99.3 cm³/mol. The van der Waals surface area contributed by atoms with Gasteiger partial charge in [-0.1, -0.05) is 36.4 Å². The Bertz CT molecular complexity index is 751. The van der Waals surface area contributed by atoms with E-state index in [9.17, 15) is 4.79 Å². The number of hydrogen-bond donors (Lipinski definition) is 2. The first-order chi connectivity index (χ1) is 11.3. The van der Waals surface area contributed by atoms with E-state index in [2.05, 4.69) is 17.2 Å². The third kappa shape index (κ3) is 4.38. The lowest BCUT2D eigenvalue weighted by Gasteiger charge is -2.27. The summed E-state index contributed by atoms with van der Waals surface area (Å²) in [4.78, 5) is 12.3. The van der Waals surface area contributed by atoms with E-state index >= 15 is 0 Å². The number of amides is 2. The number of rotatable bonds is 5. The number of urea groups is 1. The van der Waals surface area contributed by atoms with Gasteiger partial charge in [0.2, 0.25) is 0 Å². The molecule has 0 aliphatic heterocycles. The zero-order valence-corrected chi connectivity index (χ0v) is 14.6. The number of methoxy groups -OCH3 is 1. The van der Waals surface area contributed by atoms with Crippen LogP contribution >= 0.6 is 0 Å². The summed E-state index contributed by atoms with van der Waals surface area (Å²) in [6.45, 7) is 9.87. The second-order valence-corrected chi connectivity index (χ2v) is 6.30. The first-order valence-corrected chi connectivity index (χ1v) is 7.81. The Balaban J connectivity index is 2.11. The molecule has 2 N–H and O–H groups in total. The van der Waals surface area contributed by atoms with Gasteiger partial charge < -0.3 is 15.4 Å². The number of anilines is 1. The summed E-state index contributed by atoms with van der Waals surface area (Å²) >= 11 is 0. The molecule has 0 aliphatic rings. The number of nitrogens with one attached hydrogen (secondary N) is 2. The van der Waals surface area contributed by atoms with Crippen molar-refractivity contribution in [2.75, 3.05) is 12.4 Å². The fourth-order valence-electron chi connectivity index (χ4n) is 2.39. The van der Waals surface area contributed by atoms with Gasteiger partial charge in [-0.2, -0.15) is 0 Å². The molecule has 0 atom stereocenters. The molecule has 4 heteroatoms. The smallest absolute Gasteiger partial charge is 0.319 e. The predicted octanol–water partition coefficient (Wildman–Crippen LogP) is 4.79. The molecule has 2 aromatic carbocycles. The van der Waals surface area contributed by atoms with Gasteiger partial charge in [-0.15, -0.1) is 0 Å². The number of hydrogen-bond acceptors (Lipinski definition) is 2. The molecule has 2 amide bonds. The van der Waals surface area contributed by atoms with Crippen molar-refractivity contribution in [1.29, 1.82) is 0 Å². The highest BCUT2D eigenvalue weighted by Crippen LogP contribution is 2.24. The molecule has 0 aromatic heterocycles. The Morgan fingerprint density at radius 3 is 2.50 bits per heavy atom. The van der Waals surface area contributed by atoms with E-state index in [1.54, 1.807) is 13.2 Å². The molecule has 4 nitrogen and oxygen atoms in total. The van der Waals surface area contributed by atoms with Gasteiger partial charge in [0.15, 0.2) is 0 Å². The second-order valence-electron chi connectivity index (χ2n) is 6.30. The van der Waals surface area contributed by atoms with Crippen molar-refractivity contribution in [3.63, 3.8) is 0 Å². The number of carbonyl (C=O) groups is 1. The van der Waals surface area contributed by atoms with E-state index < -0.39 is 5.54 Å². The van der Waals surface area contributed by atoms with Crippen molar-refractivity contribution >= 4 is 17.3 Å². The minimum Gasteiger partial charge on any atom is -0.497 e. The van der Waals surface area contributed by atoms with Crippen LogP contribution in [0.1, 0.15) is 31.9 Å². The van der Waals surface area contributed by atoms with Crippen molar-refractivity contribution in [2.45, 2.75) is 26.3 Å². The van der Waals surface area contributed by atoms with Gasteiger partial charge in [-0.25, -0.2) is 4.79 Å². The van der Waals surface area contributed by atoms with Crippen molar-refractivity contribution in [3.8, 4) is 5.75 Å². The normalized spacial score (nSPS) is 10.8. The molecule has 0 spiro atoms. The van der Waals surface area contributed by atoms with Crippen molar-refractivity contribution in [1.82, 2.24) is 5.32 Å². The van der Waals surface area contributed by atoms with E-state index in [0.29, 0.717) is 11.4 Å². The molecule has 0 fully saturated rings. The minimum atomic E-state index is -0.519. The average molecular weight is 324 g/mol. The highest BCUT2D eigenvalue weighted by atomic mass is 16.5. The summed E-state index contributed by atoms with van der Waals surface area (Å²) in [7, 11) is 1.59. The van der Waals surface area contributed by atoms with Crippen LogP contribution in [0.4, 0.5) is 10.5 Å². The fraction of sp³-hybridized carbons (Fsp3) is 0.250. The van der Waals surface area contributed by atoms with E-state index in [-0.39, 0.29) is 6.03 Å². The molecular formula is C20H24N2O2. The molecule has 126 valence electrons. The Morgan fingerprint density at radius 2 is 1.83 bits per heavy atom. The molecule has 0 radical (unpaired) electrons. The van der Waals surface area contributed by atoms with Crippen LogP contribution in [0.2, 0.25) is 0 Å². The van der Waals surface area contributed by atoms with E-state index in [1.165, 1.54) is 0 Å². The Labute approximate surface area is 143 Å². The van der Waals surface area contributed by atoms with Crippen molar-refractivity contribution in [3.05, 3.63) is 66.2 Å². The Hall–Kier alpha value is -2.75. The van der Waals surface area contributed by atoms with Gasteiger partial charge in [-0.05, 0) is 50.1 Å². The highest BCUT2D eigenvalue weighted by Gasteiger charge is 2.23. The third-order valence-electron chi connectivity index (χ3n) is 3.83. The zero-order valence-electron chi connectivity index (χ0n) is 14.6. The third-order valence-corrected chi connectivity index (χ3v) is 3.83. The van der Waals surface area contributed by atoms with Crippen LogP contribution in [0.25, 0.3) is 5.57 Å². The molecule has 0 saturated carbocycles. The summed E-state index contributed by atoms with van der Waals surface area (Å²) in [6, 6.07) is 15.0. The van der Waals surface area contributed by atoms with Crippen molar-refractivity contribution < 1.29 is 9.53 Å². The van der Waals surface area contributed by atoms with Crippen LogP contribution < -0.4 is 15.4 Å². The number of benzene rings is 2. The van der Waals surface area contributed by atoms with E-state index in [1.807, 2.05) is 63.2 Å². The molecule has 24 heavy (non-hydrogen) atoms. The SMILES string of the molecule is C=C(C)c1cccc(C(C)(C)NC(=O)Nc2cccc(OC)c2)c1. The standard InChI is InChI=1S/C20H24N2O2/c1-14(2)15-8-6-9-16(12-15)20(3,4)22-19(23)21-17-10-7-11-18(13-17)24-5/h6-13H,1H2,2-5H3,(H2,21,22,23). The molecule has 0 heterocycles. The second kappa shape index (κ2) is 7.21. The maximum atomic E-state index is 12.3. The van der Waals surface area contributed by atoms with Gasteiger partial charge in [0.25, 0.3) is 0 Å². The van der Waals surface area contributed by atoms with Gasteiger partial charge in [0.05, 0.1) is 12.6 Å². The largest absolute Gasteiger partial charge is 0.497 e. The minimum absolute atomic E-state index is 0.269. The van der Waals surface area contributed by atoms with E-state index in [4.69, 9.17) is 4.74 Å². The average Bonchev–Trinajstić information content (AvgIpc) is 2.54. The Kier molecular flexibility index (Phi) is 5.29. The van der Waals surface area contributed by atoms with Crippen LogP contribution in [0.5, 0.6) is 5.75 Å². The summed E-state index contributed by atoms with van der Waals surface area (Å²) < 4.78 is 5.16. The zero-order chi connectivity index (χ0) is 17.7. The van der Waals surface area contributed by atoms with Gasteiger partial charge >= 0.3 is 6.03 Å². The maximum absolute atomic E-state index is 12.3. The molecule has 0 aliphatic carbocycles. The lowest BCUT2D eigenvalue weighted by Crippen LogP contribution is -2.43. The fourth-order valence-corrected chi connectivity index (χ4v) is 2.39. The van der Waals surface area contributed by atoms with Gasteiger partial charge in [-0.3, -0.25) is 0 Å². The summed E-state index contributed by atoms with van der Waals surface area (Å²) in [6.07, 6.45) is 0.